The SMILES string of the molecule is N=C(N)c1c(F)cccc1-n1cncn1. The van der Waals surface area contributed by atoms with Crippen LogP contribution in [-0.4, -0.2) is 20.6 Å². The van der Waals surface area contributed by atoms with Crippen LogP contribution in [0.15, 0.2) is 30.9 Å². The Hall–Kier alpha value is -2.24. The average molecular weight is 205 g/mol. The molecule has 0 radical (unpaired) electrons. The molecule has 0 aliphatic heterocycles. The van der Waals surface area contributed by atoms with E-state index in [1.807, 2.05) is 0 Å². The second-order valence-corrected chi connectivity index (χ2v) is 2.89. The van der Waals surface area contributed by atoms with E-state index in [1.54, 1.807) is 6.07 Å². The summed E-state index contributed by atoms with van der Waals surface area (Å²) < 4.78 is 14.8. The van der Waals surface area contributed by atoms with Gasteiger partial charge < -0.3 is 5.73 Å². The highest BCUT2D eigenvalue weighted by Crippen LogP contribution is 2.15. The topological polar surface area (TPSA) is 80.6 Å². The molecule has 3 N–H and O–H groups in total. The van der Waals surface area contributed by atoms with E-state index < -0.39 is 5.82 Å². The van der Waals surface area contributed by atoms with Crippen molar-refractivity contribution in [3.05, 3.63) is 42.2 Å². The Labute approximate surface area is 84.9 Å². The molecule has 5 nitrogen and oxygen atoms in total. The highest BCUT2D eigenvalue weighted by Gasteiger charge is 2.12. The molecular formula is C9H8FN5. The normalized spacial score (nSPS) is 10.2. The van der Waals surface area contributed by atoms with Crippen LogP contribution in [-0.2, 0) is 0 Å². The van der Waals surface area contributed by atoms with E-state index in [4.69, 9.17) is 11.1 Å². The van der Waals surface area contributed by atoms with Gasteiger partial charge in [0.05, 0.1) is 11.3 Å². The van der Waals surface area contributed by atoms with Crippen LogP contribution in [0.3, 0.4) is 0 Å². The Bertz CT molecular complexity index is 491. The van der Waals surface area contributed by atoms with Crippen molar-refractivity contribution in [1.82, 2.24) is 14.8 Å². The van der Waals surface area contributed by atoms with Gasteiger partial charge in [-0.25, -0.2) is 14.1 Å². The maximum atomic E-state index is 13.4. The number of benzene rings is 1. The van der Waals surface area contributed by atoms with Gasteiger partial charge in [0.15, 0.2) is 0 Å². The largest absolute Gasteiger partial charge is 0.384 e. The first-order valence-electron chi connectivity index (χ1n) is 4.18. The summed E-state index contributed by atoms with van der Waals surface area (Å²) in [6.45, 7) is 0. The minimum atomic E-state index is -0.546. The third kappa shape index (κ3) is 1.56. The van der Waals surface area contributed by atoms with Gasteiger partial charge in [0.2, 0.25) is 0 Å². The Balaban J connectivity index is 2.66. The molecule has 6 heteroatoms. The first-order chi connectivity index (χ1) is 7.20. The highest BCUT2D eigenvalue weighted by molar-refractivity contribution is 5.98. The van der Waals surface area contributed by atoms with Gasteiger partial charge in [-0.2, -0.15) is 5.10 Å². The molecule has 0 amide bonds. The molecule has 2 aromatic rings. The van der Waals surface area contributed by atoms with Gasteiger partial charge in [-0.3, -0.25) is 5.41 Å². The second-order valence-electron chi connectivity index (χ2n) is 2.89. The summed E-state index contributed by atoms with van der Waals surface area (Å²) >= 11 is 0. The fourth-order valence-corrected chi connectivity index (χ4v) is 1.30. The van der Waals surface area contributed by atoms with Gasteiger partial charge in [0.1, 0.15) is 24.3 Å². The predicted molar refractivity (Wildman–Crippen MR) is 52.3 cm³/mol. The zero-order valence-electron chi connectivity index (χ0n) is 7.68. The van der Waals surface area contributed by atoms with Crippen LogP contribution < -0.4 is 5.73 Å². The van der Waals surface area contributed by atoms with Crippen LogP contribution >= 0.6 is 0 Å². The lowest BCUT2D eigenvalue weighted by Gasteiger charge is -2.07. The van der Waals surface area contributed by atoms with Gasteiger partial charge in [-0.15, -0.1) is 0 Å². The molecule has 0 aliphatic rings. The Morgan fingerprint density at radius 1 is 1.47 bits per heavy atom. The zero-order chi connectivity index (χ0) is 10.8. The quantitative estimate of drug-likeness (QED) is 0.559. The molecule has 0 unspecified atom stereocenters. The van der Waals surface area contributed by atoms with Crippen molar-refractivity contribution in [3.63, 3.8) is 0 Å². The monoisotopic (exact) mass is 205 g/mol. The Morgan fingerprint density at radius 2 is 2.27 bits per heavy atom. The van der Waals surface area contributed by atoms with Gasteiger partial charge in [-0.05, 0) is 12.1 Å². The summed E-state index contributed by atoms with van der Waals surface area (Å²) in [6.07, 6.45) is 2.75. The standard InChI is InChI=1S/C9H8FN5/c10-6-2-1-3-7(8(6)9(11)12)15-5-13-4-14-15/h1-5H,(H3,11,12). The first-order valence-corrected chi connectivity index (χ1v) is 4.18. The molecule has 2 rings (SSSR count). The molecule has 1 aromatic heterocycles. The Kier molecular flexibility index (Phi) is 2.17. The summed E-state index contributed by atoms with van der Waals surface area (Å²) in [4.78, 5) is 3.75. The smallest absolute Gasteiger partial charge is 0.138 e. The van der Waals surface area contributed by atoms with Crippen molar-refractivity contribution < 1.29 is 4.39 Å². The van der Waals surface area contributed by atoms with Gasteiger partial charge in [-0.1, -0.05) is 6.07 Å². The number of amidine groups is 1. The number of halogens is 1. The molecule has 1 aromatic carbocycles. The van der Waals surface area contributed by atoms with E-state index in [0.717, 1.165) is 0 Å². The molecule has 0 aliphatic carbocycles. The van der Waals surface area contributed by atoms with Crippen LogP contribution in [0.5, 0.6) is 0 Å². The van der Waals surface area contributed by atoms with Gasteiger partial charge in [0, 0.05) is 0 Å². The van der Waals surface area contributed by atoms with E-state index in [1.165, 1.54) is 29.5 Å². The Morgan fingerprint density at radius 3 is 2.87 bits per heavy atom. The number of aromatic nitrogens is 3. The molecule has 0 fully saturated rings. The summed E-state index contributed by atoms with van der Waals surface area (Å²) in [7, 11) is 0. The lowest BCUT2D eigenvalue weighted by Crippen LogP contribution is -2.17. The lowest BCUT2D eigenvalue weighted by atomic mass is 10.1. The number of hydrogen-bond donors (Lipinski definition) is 2. The van der Waals surface area contributed by atoms with E-state index >= 15 is 0 Å². The zero-order valence-corrected chi connectivity index (χ0v) is 7.68. The van der Waals surface area contributed by atoms with E-state index in [2.05, 4.69) is 10.1 Å². The van der Waals surface area contributed by atoms with Crippen LogP contribution in [0.4, 0.5) is 4.39 Å². The molecule has 15 heavy (non-hydrogen) atoms. The molecule has 0 atom stereocenters. The van der Waals surface area contributed by atoms with Crippen LogP contribution in [0.1, 0.15) is 5.56 Å². The van der Waals surface area contributed by atoms with Crippen molar-refractivity contribution in [2.45, 2.75) is 0 Å². The maximum absolute atomic E-state index is 13.4. The predicted octanol–water partition coefficient (Wildman–Crippen LogP) is 0.690. The summed E-state index contributed by atoms with van der Waals surface area (Å²) in [6, 6.07) is 4.39. The van der Waals surface area contributed by atoms with E-state index in [9.17, 15) is 4.39 Å². The number of rotatable bonds is 2. The van der Waals surface area contributed by atoms with Gasteiger partial charge >= 0.3 is 0 Å². The fourth-order valence-electron chi connectivity index (χ4n) is 1.30. The number of nitrogens with zero attached hydrogens (tertiary/aromatic N) is 3. The van der Waals surface area contributed by atoms with Crippen LogP contribution in [0.25, 0.3) is 5.69 Å². The first kappa shape index (κ1) is 9.32. The number of nitrogens with one attached hydrogen (secondary N) is 1. The van der Waals surface area contributed by atoms with E-state index in [-0.39, 0.29) is 11.4 Å². The van der Waals surface area contributed by atoms with Crippen LogP contribution in [0.2, 0.25) is 0 Å². The molecule has 1 heterocycles. The minimum absolute atomic E-state index is 0.0306. The molecule has 0 saturated carbocycles. The molecular weight excluding hydrogens is 197 g/mol. The van der Waals surface area contributed by atoms with E-state index in [0.29, 0.717) is 5.69 Å². The third-order valence-corrected chi connectivity index (χ3v) is 1.93. The van der Waals surface area contributed by atoms with Gasteiger partial charge in [0.25, 0.3) is 0 Å². The lowest BCUT2D eigenvalue weighted by molar-refractivity contribution is 0.622. The van der Waals surface area contributed by atoms with Crippen molar-refractivity contribution in [2.75, 3.05) is 0 Å². The summed E-state index contributed by atoms with van der Waals surface area (Å²) in [5.74, 6) is -0.880. The van der Waals surface area contributed by atoms with Crippen molar-refractivity contribution in [1.29, 1.82) is 5.41 Å². The number of hydrogen-bond acceptors (Lipinski definition) is 3. The molecule has 0 saturated heterocycles. The average Bonchev–Trinajstić information content (AvgIpc) is 2.69. The maximum Gasteiger partial charge on any atom is 0.138 e. The summed E-state index contributed by atoms with van der Waals surface area (Å²) in [5.41, 5.74) is 5.74. The highest BCUT2D eigenvalue weighted by atomic mass is 19.1. The number of nitrogen functional groups attached to an aromatic ring is 1. The second kappa shape index (κ2) is 3.49. The fraction of sp³-hybridized carbons (Fsp3) is 0. The van der Waals surface area contributed by atoms with Crippen molar-refractivity contribution in [3.8, 4) is 5.69 Å². The minimum Gasteiger partial charge on any atom is -0.384 e. The summed E-state index contributed by atoms with van der Waals surface area (Å²) in [5, 5.41) is 11.2. The van der Waals surface area contributed by atoms with Crippen LogP contribution in [0, 0.1) is 11.2 Å². The number of nitrogens with two attached hydrogens (primary N) is 1. The van der Waals surface area contributed by atoms with Crippen molar-refractivity contribution in [2.24, 2.45) is 5.73 Å². The molecule has 0 spiro atoms. The third-order valence-electron chi connectivity index (χ3n) is 1.93. The molecule has 76 valence electrons. The van der Waals surface area contributed by atoms with Crippen molar-refractivity contribution >= 4 is 5.84 Å². The molecule has 0 bridgehead atoms.